The fourth-order valence-corrected chi connectivity index (χ4v) is 2.65. The van der Waals surface area contributed by atoms with Crippen molar-refractivity contribution in [2.75, 3.05) is 0 Å². The summed E-state index contributed by atoms with van der Waals surface area (Å²) in [6.45, 7) is -19.8. The third kappa shape index (κ3) is 3.10. The molecule has 0 N–H and O–H groups in total. The Hall–Kier alpha value is -1.76. The van der Waals surface area contributed by atoms with Crippen LogP contribution in [0, 0.1) is 0 Å². The van der Waals surface area contributed by atoms with Crippen LogP contribution in [0.15, 0.2) is 36.3 Å². The van der Waals surface area contributed by atoms with E-state index in [4.69, 9.17) is 30.2 Å². The number of nitrogens with zero attached hydrogens (tertiary/aromatic N) is 1. The van der Waals surface area contributed by atoms with Gasteiger partial charge in [-0.05, 0) is 66.9 Å². The van der Waals surface area contributed by atoms with Gasteiger partial charge in [0, 0.05) is 52.0 Å². The Bertz CT molecular complexity index is 1620. The average molecular weight is 360 g/mol. The van der Waals surface area contributed by atoms with E-state index in [-0.39, 0.29) is 0 Å². The maximum Gasteiger partial charge on any atom is 0.0645 e. The standard InChI is InChI=1S/C24H33N/c1-22(2,3)16-10-12-20-18(14-16)19-15-17(23(4,5)6)11-13-21(19)25(20)24(7,8)9/h10-15H,1-9H3/i1D3,2D3,3D3,4D3,5D3,6D3,10D,11D,12D,13D,14D,15D. The van der Waals surface area contributed by atoms with Crippen LogP contribution in [0.3, 0.4) is 0 Å². The number of fused-ring (bicyclic) bond motifs is 3. The largest absolute Gasteiger partial charge is 0.335 e. The van der Waals surface area contributed by atoms with Crippen molar-refractivity contribution >= 4 is 21.8 Å². The fourth-order valence-electron chi connectivity index (χ4n) is 2.65. The van der Waals surface area contributed by atoms with Crippen LogP contribution < -0.4 is 0 Å². The van der Waals surface area contributed by atoms with Crippen LogP contribution in [0.1, 0.15) is 106 Å². The molecule has 134 valence electrons. The highest BCUT2D eigenvalue weighted by atomic mass is 15.0. The highest BCUT2D eigenvalue weighted by Gasteiger charge is 2.24. The lowest BCUT2D eigenvalue weighted by molar-refractivity contribution is 0.423. The van der Waals surface area contributed by atoms with E-state index in [9.17, 15) is 2.74 Å². The summed E-state index contributed by atoms with van der Waals surface area (Å²) in [5, 5.41) is -1.70. The first-order valence-corrected chi connectivity index (χ1v) is 7.42. The fraction of sp³-hybridized carbons (Fsp3) is 0.500. The molecular formula is C24H33N. The Morgan fingerprint density at radius 1 is 0.720 bits per heavy atom. The quantitative estimate of drug-likeness (QED) is 0.402. The molecule has 0 amide bonds. The molecule has 0 aliphatic carbocycles. The van der Waals surface area contributed by atoms with E-state index in [0.29, 0.717) is 0 Å². The van der Waals surface area contributed by atoms with Crippen LogP contribution >= 0.6 is 0 Å². The smallest absolute Gasteiger partial charge is 0.0645 e. The SMILES string of the molecule is [2H]c1c(C(C([2H])([2H])[2H])(C([2H])([2H])[2H])C([2H])([2H])[2H])c([2H])c2c3c([2H])c(C(C([2H])([2H])[2H])(C([2H])([2H])[2H])C([2H])([2H])[2H])c([2H])c([2H])c3n(C(C)(C)C)c2c1[2H]. The Balaban J connectivity index is 3.08. The third-order valence-electron chi connectivity index (χ3n) is 3.70. The summed E-state index contributed by atoms with van der Waals surface area (Å²) in [6.07, 6.45) is 0. The number of hydrogen-bond donors (Lipinski definition) is 0. The maximum absolute atomic E-state index is 9.20. The molecule has 0 bridgehead atoms. The van der Waals surface area contributed by atoms with E-state index in [1.807, 2.05) is 0 Å². The van der Waals surface area contributed by atoms with Crippen LogP contribution in [-0.2, 0) is 16.4 Å². The summed E-state index contributed by atoms with van der Waals surface area (Å²) >= 11 is 0. The van der Waals surface area contributed by atoms with E-state index < -0.39 is 127 Å². The van der Waals surface area contributed by atoms with Crippen molar-refractivity contribution in [2.45, 2.75) is 78.3 Å². The summed E-state index contributed by atoms with van der Waals surface area (Å²) < 4.78 is 202. The zero-order valence-electron chi connectivity index (χ0n) is 37.9. The molecule has 3 rings (SSSR count). The predicted octanol–water partition coefficient (Wildman–Crippen LogP) is 7.14. The zero-order chi connectivity index (χ0) is 39.0. The minimum absolute atomic E-state index is 0.572. The highest BCUT2D eigenvalue weighted by molar-refractivity contribution is 6.09. The van der Waals surface area contributed by atoms with Crippen molar-refractivity contribution in [2.24, 2.45) is 0 Å². The molecule has 1 heteroatoms. The second-order valence-electron chi connectivity index (χ2n) is 6.95. The second-order valence-corrected chi connectivity index (χ2v) is 6.95. The molecule has 0 saturated heterocycles. The van der Waals surface area contributed by atoms with Gasteiger partial charge < -0.3 is 4.57 Å². The Morgan fingerprint density at radius 3 is 1.44 bits per heavy atom. The van der Waals surface area contributed by atoms with Crippen molar-refractivity contribution in [3.63, 3.8) is 0 Å². The number of benzene rings is 2. The van der Waals surface area contributed by atoms with Crippen molar-refractivity contribution in [1.82, 2.24) is 4.57 Å². The van der Waals surface area contributed by atoms with E-state index in [0.717, 1.165) is 4.57 Å². The molecule has 2 aromatic carbocycles. The first-order valence-electron chi connectivity index (χ1n) is 19.4. The first kappa shape index (κ1) is 4.74. The Labute approximate surface area is 186 Å². The van der Waals surface area contributed by atoms with Crippen LogP contribution in [0.2, 0.25) is 0 Å². The summed E-state index contributed by atoms with van der Waals surface area (Å²) in [5.41, 5.74) is -13.5. The van der Waals surface area contributed by atoms with Gasteiger partial charge >= 0.3 is 0 Å². The number of rotatable bonds is 0. The third-order valence-corrected chi connectivity index (χ3v) is 3.70. The average Bonchev–Trinajstić information content (AvgIpc) is 3.18. The van der Waals surface area contributed by atoms with Crippen molar-refractivity contribution in [3.8, 4) is 0 Å². The lowest BCUT2D eigenvalue weighted by Gasteiger charge is -2.25. The van der Waals surface area contributed by atoms with Gasteiger partial charge in [0.25, 0.3) is 0 Å². The van der Waals surface area contributed by atoms with Gasteiger partial charge in [0.2, 0.25) is 0 Å². The molecule has 1 aromatic heterocycles. The molecule has 0 saturated carbocycles. The molecule has 0 spiro atoms. The molecule has 0 atom stereocenters. The molecule has 3 aromatic rings. The minimum Gasteiger partial charge on any atom is -0.335 e. The van der Waals surface area contributed by atoms with E-state index in [1.165, 1.54) is 20.8 Å². The van der Waals surface area contributed by atoms with Crippen molar-refractivity contribution in [1.29, 1.82) is 0 Å². The number of hydrogen-bond acceptors (Lipinski definition) is 0. The van der Waals surface area contributed by atoms with Crippen LogP contribution in [0.25, 0.3) is 21.8 Å². The summed E-state index contributed by atoms with van der Waals surface area (Å²) in [7, 11) is 0. The number of aromatic nitrogens is 1. The molecule has 25 heavy (non-hydrogen) atoms. The van der Waals surface area contributed by atoms with Gasteiger partial charge in [0.1, 0.15) is 0 Å². The monoisotopic (exact) mass is 359 g/mol. The summed E-state index contributed by atoms with van der Waals surface area (Å²) in [5.74, 6) is 0. The van der Waals surface area contributed by atoms with Crippen LogP contribution in [-0.4, -0.2) is 4.57 Å². The molecule has 0 aliphatic heterocycles. The van der Waals surface area contributed by atoms with Crippen LogP contribution in [0.5, 0.6) is 0 Å². The molecule has 0 radical (unpaired) electrons. The maximum atomic E-state index is 9.20. The van der Waals surface area contributed by atoms with E-state index in [1.54, 1.807) is 0 Å². The zero-order valence-corrected chi connectivity index (χ0v) is 13.9. The van der Waals surface area contributed by atoms with Gasteiger partial charge in [0.05, 0.1) is 8.22 Å². The van der Waals surface area contributed by atoms with Crippen LogP contribution in [0.4, 0.5) is 0 Å². The van der Waals surface area contributed by atoms with Gasteiger partial charge in [-0.3, -0.25) is 0 Å². The molecule has 1 heterocycles. The van der Waals surface area contributed by atoms with Gasteiger partial charge in [-0.15, -0.1) is 0 Å². The van der Waals surface area contributed by atoms with E-state index in [2.05, 4.69) is 0 Å². The molecule has 0 unspecified atom stereocenters. The normalized spacial score (nSPS) is 30.8. The highest BCUT2D eigenvalue weighted by Crippen LogP contribution is 2.38. The topological polar surface area (TPSA) is 4.93 Å². The molecule has 0 aliphatic rings. The van der Waals surface area contributed by atoms with Gasteiger partial charge in [-0.2, -0.15) is 0 Å². The van der Waals surface area contributed by atoms with Gasteiger partial charge in [-0.1, -0.05) is 53.2 Å². The lowest BCUT2D eigenvalue weighted by Crippen LogP contribution is -2.21. The second kappa shape index (κ2) is 5.37. The Morgan fingerprint density at radius 2 is 1.12 bits per heavy atom. The van der Waals surface area contributed by atoms with E-state index >= 15 is 0 Å². The molecule has 0 fully saturated rings. The van der Waals surface area contributed by atoms with Gasteiger partial charge in [-0.25, -0.2) is 0 Å². The van der Waals surface area contributed by atoms with Gasteiger partial charge in [0.15, 0.2) is 0 Å². The van der Waals surface area contributed by atoms with Crippen molar-refractivity contribution < 1.29 is 32.9 Å². The first-order chi connectivity index (χ1) is 21.3. The lowest BCUT2D eigenvalue weighted by atomic mass is 9.85. The molecular weight excluding hydrogens is 302 g/mol. The summed E-state index contributed by atoms with van der Waals surface area (Å²) in [4.78, 5) is 0. The molecule has 1 nitrogen and oxygen atoms in total. The van der Waals surface area contributed by atoms with Crippen molar-refractivity contribution in [3.05, 3.63) is 47.4 Å². The minimum atomic E-state index is -4.03. The predicted molar refractivity (Wildman–Crippen MR) is 112 cm³/mol. The summed E-state index contributed by atoms with van der Waals surface area (Å²) in [6, 6.07) is -7.47. The Kier molecular flexibility index (Phi) is 1.02.